The van der Waals surface area contributed by atoms with Crippen molar-refractivity contribution in [1.29, 1.82) is 0 Å². The normalized spacial score (nSPS) is 18.8. The van der Waals surface area contributed by atoms with E-state index in [9.17, 15) is 23.1 Å². The summed E-state index contributed by atoms with van der Waals surface area (Å²) in [5.74, 6) is -0.199. The highest BCUT2D eigenvalue weighted by molar-refractivity contribution is 7.92. The molecule has 0 aliphatic carbocycles. The number of nitrogens with zero attached hydrogens (tertiary/aromatic N) is 3. The van der Waals surface area contributed by atoms with Gasteiger partial charge in [0, 0.05) is 31.2 Å². The minimum atomic E-state index is -4.04. The van der Waals surface area contributed by atoms with E-state index in [4.69, 9.17) is 9.26 Å². The second-order valence-electron chi connectivity index (χ2n) is 10.1. The molecule has 1 aromatic heterocycles. The van der Waals surface area contributed by atoms with Crippen LogP contribution < -0.4 is 14.8 Å². The molecule has 3 amide bonds. The van der Waals surface area contributed by atoms with E-state index in [2.05, 4.69) is 15.2 Å². The van der Waals surface area contributed by atoms with Crippen LogP contribution in [0.1, 0.15) is 49.5 Å². The highest BCUT2D eigenvalue weighted by Crippen LogP contribution is 2.32. The van der Waals surface area contributed by atoms with Gasteiger partial charge in [0.1, 0.15) is 17.5 Å². The first kappa shape index (κ1) is 29.2. The van der Waals surface area contributed by atoms with Crippen molar-refractivity contribution in [1.82, 2.24) is 20.3 Å². The van der Waals surface area contributed by atoms with Gasteiger partial charge in [-0.15, -0.1) is 0 Å². The summed E-state index contributed by atoms with van der Waals surface area (Å²) in [7, 11) is -2.38. The first-order valence-electron chi connectivity index (χ1n) is 12.4. The SMILES string of the molecule is Cc1noc(C)c1S(=O)(=O)Nc1ccc2c(c1)C(=O)N([C@@H](C)CO)C[C@@H](C)[C@@H](CN(C)C(=O)NC(C)C)O2. The van der Waals surface area contributed by atoms with Crippen molar-refractivity contribution in [2.75, 3.05) is 31.5 Å². The molecule has 2 aromatic rings. The largest absolute Gasteiger partial charge is 0.487 e. The average molecular weight is 552 g/mol. The lowest BCUT2D eigenvalue weighted by atomic mass is 9.99. The number of aliphatic hydroxyl groups is 1. The van der Waals surface area contributed by atoms with Crippen LogP contribution in [0.4, 0.5) is 10.5 Å². The van der Waals surface area contributed by atoms with Crippen molar-refractivity contribution >= 4 is 27.6 Å². The number of aromatic nitrogens is 1. The molecule has 0 saturated carbocycles. The molecule has 0 radical (unpaired) electrons. The number of ether oxygens (including phenoxy) is 1. The Morgan fingerprint density at radius 2 is 1.97 bits per heavy atom. The Morgan fingerprint density at radius 1 is 1.29 bits per heavy atom. The van der Waals surface area contributed by atoms with Gasteiger partial charge >= 0.3 is 6.03 Å². The number of nitrogens with one attached hydrogen (secondary N) is 2. The van der Waals surface area contributed by atoms with Crippen molar-refractivity contribution in [2.24, 2.45) is 5.92 Å². The number of urea groups is 1. The molecule has 12 nitrogen and oxygen atoms in total. The van der Waals surface area contributed by atoms with E-state index in [1.165, 1.54) is 36.9 Å². The van der Waals surface area contributed by atoms with E-state index < -0.39 is 28.1 Å². The molecule has 1 aliphatic heterocycles. The molecule has 0 fully saturated rings. The van der Waals surface area contributed by atoms with E-state index in [-0.39, 0.29) is 71.0 Å². The number of benzene rings is 1. The fraction of sp³-hybridized carbons (Fsp3) is 0.560. The first-order valence-corrected chi connectivity index (χ1v) is 13.9. The molecule has 1 aliphatic rings. The van der Waals surface area contributed by atoms with Crippen LogP contribution in [0.2, 0.25) is 0 Å². The Morgan fingerprint density at radius 3 is 2.55 bits per heavy atom. The van der Waals surface area contributed by atoms with Crippen LogP contribution in [0.25, 0.3) is 0 Å². The third-order valence-corrected chi connectivity index (χ3v) is 7.99. The summed E-state index contributed by atoms with van der Waals surface area (Å²) in [6.07, 6.45) is -0.483. The molecule has 0 bridgehead atoms. The zero-order chi connectivity index (χ0) is 28.4. The van der Waals surface area contributed by atoms with Crippen LogP contribution in [-0.4, -0.2) is 85.4 Å². The van der Waals surface area contributed by atoms with Gasteiger partial charge in [0.15, 0.2) is 10.7 Å². The maximum absolute atomic E-state index is 13.6. The lowest BCUT2D eigenvalue weighted by molar-refractivity contribution is 0.0366. The Hall–Kier alpha value is -3.32. The van der Waals surface area contributed by atoms with Crippen molar-refractivity contribution in [3.63, 3.8) is 0 Å². The number of amides is 3. The van der Waals surface area contributed by atoms with Gasteiger partial charge in [0.2, 0.25) is 0 Å². The van der Waals surface area contributed by atoms with Gasteiger partial charge in [-0.05, 0) is 52.8 Å². The molecule has 2 heterocycles. The van der Waals surface area contributed by atoms with Crippen molar-refractivity contribution in [3.05, 3.63) is 35.2 Å². The fourth-order valence-electron chi connectivity index (χ4n) is 4.28. The summed E-state index contributed by atoms with van der Waals surface area (Å²) in [6, 6.07) is 3.65. The molecule has 210 valence electrons. The molecule has 0 unspecified atom stereocenters. The maximum atomic E-state index is 13.6. The highest BCUT2D eigenvalue weighted by Gasteiger charge is 2.34. The summed E-state index contributed by atoms with van der Waals surface area (Å²) >= 11 is 0. The predicted molar refractivity (Wildman–Crippen MR) is 141 cm³/mol. The number of hydrogen-bond acceptors (Lipinski definition) is 8. The minimum Gasteiger partial charge on any atom is -0.487 e. The zero-order valence-corrected chi connectivity index (χ0v) is 23.6. The molecule has 1 aromatic carbocycles. The number of aliphatic hydroxyl groups excluding tert-OH is 1. The van der Waals surface area contributed by atoms with E-state index in [1.54, 1.807) is 18.9 Å². The summed E-state index contributed by atoms with van der Waals surface area (Å²) < 4.78 is 39.8. The molecule has 0 spiro atoms. The smallest absolute Gasteiger partial charge is 0.317 e. The third-order valence-electron chi connectivity index (χ3n) is 6.37. The number of likely N-dealkylation sites (N-methyl/N-ethyl adjacent to an activating group) is 1. The molecule has 3 rings (SSSR count). The number of hydrogen-bond donors (Lipinski definition) is 3. The van der Waals surface area contributed by atoms with Crippen molar-refractivity contribution in [3.8, 4) is 5.75 Å². The predicted octanol–water partition coefficient (Wildman–Crippen LogP) is 2.36. The monoisotopic (exact) mass is 551 g/mol. The van der Waals surface area contributed by atoms with Crippen molar-refractivity contribution < 1.29 is 32.4 Å². The Bertz CT molecular complexity index is 1260. The summed E-state index contributed by atoms with van der Waals surface area (Å²) in [4.78, 5) is 29.1. The summed E-state index contributed by atoms with van der Waals surface area (Å²) in [5, 5.41) is 16.4. The number of anilines is 1. The fourth-order valence-corrected chi connectivity index (χ4v) is 5.66. The molecule has 3 atom stereocenters. The van der Waals surface area contributed by atoms with Crippen LogP contribution in [0.15, 0.2) is 27.6 Å². The standard InChI is InChI=1S/C25H37N5O7S/c1-14(2)26-25(33)29(7)12-22-15(3)11-30(16(4)13-31)24(32)20-10-19(8-9-21(20)36-22)28-38(34,35)23-17(5)27-37-18(23)6/h8-10,14-16,22,28,31H,11-13H2,1-7H3,(H,26,33)/t15-,16+,22-/m1/s1. The Kier molecular flexibility index (Phi) is 8.93. The van der Waals surface area contributed by atoms with Gasteiger partial charge in [-0.25, -0.2) is 13.2 Å². The Balaban J connectivity index is 1.98. The number of carbonyl (C=O) groups excluding carboxylic acids is 2. The van der Waals surface area contributed by atoms with Gasteiger partial charge in [-0.3, -0.25) is 9.52 Å². The van der Waals surface area contributed by atoms with Crippen LogP contribution in [0.5, 0.6) is 5.75 Å². The molecule has 3 N–H and O–H groups in total. The highest BCUT2D eigenvalue weighted by atomic mass is 32.2. The van der Waals surface area contributed by atoms with E-state index in [0.717, 1.165) is 0 Å². The molecule has 13 heteroatoms. The van der Waals surface area contributed by atoms with Crippen LogP contribution >= 0.6 is 0 Å². The number of sulfonamides is 1. The average Bonchev–Trinajstić information content (AvgIpc) is 3.19. The van der Waals surface area contributed by atoms with Crippen LogP contribution in [-0.2, 0) is 10.0 Å². The zero-order valence-electron chi connectivity index (χ0n) is 22.8. The molecular formula is C25H37N5O7S. The van der Waals surface area contributed by atoms with Crippen LogP contribution in [0.3, 0.4) is 0 Å². The Labute approximate surface area is 223 Å². The van der Waals surface area contributed by atoms with Gasteiger partial charge in [-0.2, -0.15) is 0 Å². The lowest BCUT2D eigenvalue weighted by Crippen LogP contribution is -2.51. The second kappa shape index (κ2) is 11.6. The van der Waals surface area contributed by atoms with E-state index in [1.807, 2.05) is 20.8 Å². The van der Waals surface area contributed by atoms with Gasteiger partial charge in [0.05, 0.1) is 24.8 Å². The quantitative estimate of drug-likeness (QED) is 0.452. The molecule has 0 saturated heterocycles. The summed E-state index contributed by atoms with van der Waals surface area (Å²) in [6.45, 7) is 10.7. The number of rotatable bonds is 8. The van der Waals surface area contributed by atoms with E-state index in [0.29, 0.717) is 0 Å². The topological polar surface area (TPSA) is 154 Å². The third kappa shape index (κ3) is 6.38. The van der Waals surface area contributed by atoms with Gasteiger partial charge in [-0.1, -0.05) is 12.1 Å². The van der Waals surface area contributed by atoms with Crippen molar-refractivity contribution in [2.45, 2.75) is 64.6 Å². The number of fused-ring (bicyclic) bond motifs is 1. The van der Waals surface area contributed by atoms with Crippen LogP contribution in [0, 0.1) is 19.8 Å². The second-order valence-corrected chi connectivity index (χ2v) is 11.7. The first-order chi connectivity index (χ1) is 17.7. The van der Waals surface area contributed by atoms with Gasteiger partial charge < -0.3 is 29.5 Å². The van der Waals surface area contributed by atoms with Gasteiger partial charge in [0.25, 0.3) is 15.9 Å². The molecular weight excluding hydrogens is 514 g/mol. The number of carbonyl (C=O) groups is 2. The minimum absolute atomic E-state index is 0.0347. The summed E-state index contributed by atoms with van der Waals surface area (Å²) in [5.41, 5.74) is 0.498. The lowest BCUT2D eigenvalue weighted by Gasteiger charge is -2.38. The molecule has 38 heavy (non-hydrogen) atoms. The maximum Gasteiger partial charge on any atom is 0.317 e. The van der Waals surface area contributed by atoms with E-state index >= 15 is 0 Å². The number of aryl methyl sites for hydroxylation is 2.